The van der Waals surface area contributed by atoms with Gasteiger partial charge in [-0.1, -0.05) is 23.2 Å². The molecule has 0 aliphatic rings. The summed E-state index contributed by atoms with van der Waals surface area (Å²) in [6, 6.07) is 3.48. The average molecular weight is 328 g/mol. The van der Waals surface area contributed by atoms with Gasteiger partial charge < -0.3 is 10.2 Å². The topological polar surface area (TPSA) is 92.0 Å². The summed E-state index contributed by atoms with van der Waals surface area (Å²) in [5.74, 6) is 6.36. The number of aryl methyl sites for hydroxylation is 1. The minimum absolute atomic E-state index is 0.241. The molecule has 2 aromatic rings. The molecule has 0 bridgehead atoms. The largest absolute Gasteiger partial charge is 0.347 e. The maximum atomic E-state index is 6.18. The molecule has 4 N–H and O–H groups in total. The smallest absolute Gasteiger partial charge is 0.243 e. The number of benzene rings is 1. The molecular formula is C12H15Cl2N7. The Bertz CT molecular complexity index is 660. The van der Waals surface area contributed by atoms with E-state index < -0.39 is 0 Å². The van der Waals surface area contributed by atoms with Crippen LogP contribution in [0.5, 0.6) is 0 Å². The molecule has 0 radical (unpaired) electrons. The van der Waals surface area contributed by atoms with Crippen molar-refractivity contribution in [1.29, 1.82) is 0 Å². The van der Waals surface area contributed by atoms with Gasteiger partial charge in [0, 0.05) is 19.1 Å². The molecule has 0 saturated heterocycles. The molecule has 0 unspecified atom stereocenters. The lowest BCUT2D eigenvalue weighted by molar-refractivity contribution is 0.957. The van der Waals surface area contributed by atoms with E-state index >= 15 is 0 Å². The van der Waals surface area contributed by atoms with Crippen LogP contribution in [0.15, 0.2) is 12.1 Å². The quantitative estimate of drug-likeness (QED) is 0.587. The Morgan fingerprint density at radius 2 is 1.71 bits per heavy atom. The maximum Gasteiger partial charge on any atom is 0.243 e. The molecule has 21 heavy (non-hydrogen) atoms. The number of hydrogen-bond donors (Lipinski definition) is 3. The molecule has 0 atom stereocenters. The zero-order chi connectivity index (χ0) is 15.6. The van der Waals surface area contributed by atoms with Crippen LogP contribution in [0.3, 0.4) is 0 Å². The van der Waals surface area contributed by atoms with Crippen molar-refractivity contribution in [2.24, 2.45) is 5.84 Å². The van der Waals surface area contributed by atoms with Gasteiger partial charge in [-0.2, -0.15) is 15.0 Å². The van der Waals surface area contributed by atoms with Crippen molar-refractivity contribution in [1.82, 2.24) is 15.0 Å². The van der Waals surface area contributed by atoms with Crippen LogP contribution in [0, 0.1) is 6.92 Å². The van der Waals surface area contributed by atoms with Gasteiger partial charge in [0.05, 0.1) is 10.7 Å². The highest BCUT2D eigenvalue weighted by Crippen LogP contribution is 2.30. The molecule has 1 heterocycles. The summed E-state index contributed by atoms with van der Waals surface area (Å²) in [5, 5.41) is 4.13. The van der Waals surface area contributed by atoms with Crippen LogP contribution in [0.2, 0.25) is 10.0 Å². The highest BCUT2D eigenvalue weighted by atomic mass is 35.5. The van der Waals surface area contributed by atoms with Gasteiger partial charge in [-0.25, -0.2) is 5.84 Å². The summed E-state index contributed by atoms with van der Waals surface area (Å²) in [6.07, 6.45) is 0. The number of halogens is 2. The SMILES string of the molecule is Cc1cc(Cl)c(Nc2nc(NN)nc(N(C)C)n2)cc1Cl. The van der Waals surface area contributed by atoms with E-state index in [0.29, 0.717) is 27.6 Å². The van der Waals surface area contributed by atoms with E-state index in [1.165, 1.54) is 0 Å². The number of nitrogen functional groups attached to an aromatic ring is 1. The third kappa shape index (κ3) is 3.63. The summed E-state index contributed by atoms with van der Waals surface area (Å²) >= 11 is 12.3. The van der Waals surface area contributed by atoms with E-state index in [9.17, 15) is 0 Å². The van der Waals surface area contributed by atoms with Gasteiger partial charge in [0.2, 0.25) is 17.8 Å². The Morgan fingerprint density at radius 3 is 2.33 bits per heavy atom. The van der Waals surface area contributed by atoms with Crippen molar-refractivity contribution in [2.75, 3.05) is 29.7 Å². The van der Waals surface area contributed by atoms with Crippen LogP contribution in [-0.2, 0) is 0 Å². The minimum atomic E-state index is 0.241. The fourth-order valence-corrected chi connectivity index (χ4v) is 1.98. The molecule has 0 fully saturated rings. The van der Waals surface area contributed by atoms with Gasteiger partial charge in [0.25, 0.3) is 0 Å². The molecule has 1 aromatic heterocycles. The Morgan fingerprint density at radius 1 is 1.05 bits per heavy atom. The zero-order valence-corrected chi connectivity index (χ0v) is 13.3. The first-order valence-corrected chi connectivity index (χ1v) is 6.79. The van der Waals surface area contributed by atoms with E-state index in [1.54, 1.807) is 17.0 Å². The number of nitrogens with two attached hydrogens (primary N) is 1. The second kappa shape index (κ2) is 6.30. The number of nitrogens with one attached hydrogen (secondary N) is 2. The summed E-state index contributed by atoms with van der Waals surface area (Å²) in [6.45, 7) is 1.88. The molecule has 0 spiro atoms. The average Bonchev–Trinajstić information content (AvgIpc) is 2.44. The number of anilines is 4. The highest BCUT2D eigenvalue weighted by Gasteiger charge is 2.10. The maximum absolute atomic E-state index is 6.18. The first-order chi connectivity index (χ1) is 9.90. The van der Waals surface area contributed by atoms with Crippen molar-refractivity contribution in [2.45, 2.75) is 6.92 Å². The fourth-order valence-electron chi connectivity index (χ4n) is 1.55. The van der Waals surface area contributed by atoms with Crippen LogP contribution in [0.4, 0.5) is 23.5 Å². The second-order valence-corrected chi connectivity index (χ2v) is 5.34. The Balaban J connectivity index is 2.39. The summed E-state index contributed by atoms with van der Waals surface area (Å²) in [7, 11) is 3.63. The first-order valence-electron chi connectivity index (χ1n) is 6.03. The van der Waals surface area contributed by atoms with Crippen molar-refractivity contribution in [3.63, 3.8) is 0 Å². The van der Waals surface area contributed by atoms with Crippen molar-refractivity contribution in [3.05, 3.63) is 27.7 Å². The highest BCUT2D eigenvalue weighted by molar-refractivity contribution is 6.35. The van der Waals surface area contributed by atoms with Gasteiger partial charge in [0.1, 0.15) is 0 Å². The van der Waals surface area contributed by atoms with Crippen LogP contribution in [0.25, 0.3) is 0 Å². The van der Waals surface area contributed by atoms with Gasteiger partial charge in [-0.05, 0) is 24.6 Å². The van der Waals surface area contributed by atoms with Crippen LogP contribution >= 0.6 is 23.2 Å². The second-order valence-electron chi connectivity index (χ2n) is 4.53. The molecule has 0 aliphatic heterocycles. The molecule has 9 heteroatoms. The van der Waals surface area contributed by atoms with E-state index in [1.807, 2.05) is 21.0 Å². The molecule has 7 nitrogen and oxygen atoms in total. The van der Waals surface area contributed by atoms with Gasteiger partial charge >= 0.3 is 0 Å². The van der Waals surface area contributed by atoms with E-state index in [-0.39, 0.29) is 5.95 Å². The predicted octanol–water partition coefficient (Wildman–Crippen LogP) is 2.58. The third-order valence-electron chi connectivity index (χ3n) is 2.65. The van der Waals surface area contributed by atoms with E-state index in [2.05, 4.69) is 25.7 Å². The third-order valence-corrected chi connectivity index (χ3v) is 3.37. The number of hydrazine groups is 1. The van der Waals surface area contributed by atoms with Crippen LogP contribution in [0.1, 0.15) is 5.56 Å². The predicted molar refractivity (Wildman–Crippen MR) is 86.4 cm³/mol. The van der Waals surface area contributed by atoms with Crippen molar-refractivity contribution >= 4 is 46.7 Å². The van der Waals surface area contributed by atoms with E-state index in [0.717, 1.165) is 5.56 Å². The monoisotopic (exact) mass is 327 g/mol. The molecule has 0 amide bonds. The number of nitrogens with zero attached hydrogens (tertiary/aromatic N) is 4. The Hall–Kier alpha value is -1.83. The van der Waals surface area contributed by atoms with Crippen molar-refractivity contribution < 1.29 is 0 Å². The first kappa shape index (κ1) is 15.6. The Kier molecular flexibility index (Phi) is 4.66. The lowest BCUT2D eigenvalue weighted by Crippen LogP contribution is -2.18. The number of hydrogen-bond acceptors (Lipinski definition) is 7. The summed E-state index contributed by atoms with van der Waals surface area (Å²) in [4.78, 5) is 14.2. The van der Waals surface area contributed by atoms with Gasteiger partial charge in [-0.15, -0.1) is 0 Å². The number of rotatable bonds is 4. The van der Waals surface area contributed by atoms with E-state index in [4.69, 9.17) is 29.0 Å². The zero-order valence-electron chi connectivity index (χ0n) is 11.8. The lowest BCUT2D eigenvalue weighted by atomic mass is 10.2. The normalized spacial score (nSPS) is 10.4. The molecule has 1 aromatic carbocycles. The van der Waals surface area contributed by atoms with Crippen LogP contribution in [-0.4, -0.2) is 29.0 Å². The fraction of sp³-hybridized carbons (Fsp3) is 0.250. The lowest BCUT2D eigenvalue weighted by Gasteiger charge is -2.14. The minimum Gasteiger partial charge on any atom is -0.347 e. The van der Waals surface area contributed by atoms with Crippen molar-refractivity contribution in [3.8, 4) is 0 Å². The molecule has 2 rings (SSSR count). The molecular weight excluding hydrogens is 313 g/mol. The summed E-state index contributed by atoms with van der Waals surface area (Å²) in [5.41, 5.74) is 3.89. The Labute approximate surface area is 132 Å². The standard InChI is InChI=1S/C12H15Cl2N7/c1-6-4-8(14)9(5-7(6)13)16-10-17-11(20-15)19-12(18-10)21(2)3/h4-5H,15H2,1-3H3,(H2,16,17,18,19,20). The molecule has 0 saturated carbocycles. The van der Waals surface area contributed by atoms with Crippen LogP contribution < -0.4 is 21.5 Å². The van der Waals surface area contributed by atoms with Gasteiger partial charge in [0.15, 0.2) is 0 Å². The van der Waals surface area contributed by atoms with Gasteiger partial charge in [-0.3, -0.25) is 5.43 Å². The summed E-state index contributed by atoms with van der Waals surface area (Å²) < 4.78 is 0. The molecule has 112 valence electrons. The molecule has 0 aliphatic carbocycles. The number of aromatic nitrogens is 3.